The van der Waals surface area contributed by atoms with Gasteiger partial charge in [0.15, 0.2) is 5.78 Å². The molecule has 2 aliphatic heterocycles. The molecule has 0 saturated carbocycles. The molecule has 0 aromatic heterocycles. The first-order chi connectivity index (χ1) is 14.8. The number of ketones is 1. The van der Waals surface area contributed by atoms with Crippen LogP contribution in [0.2, 0.25) is 0 Å². The van der Waals surface area contributed by atoms with E-state index in [1.54, 1.807) is 12.1 Å². The summed E-state index contributed by atoms with van der Waals surface area (Å²) < 4.78 is 16.4. The summed E-state index contributed by atoms with van der Waals surface area (Å²) in [4.78, 5) is 12.9. The molecule has 0 spiro atoms. The lowest BCUT2D eigenvalue weighted by Gasteiger charge is -2.39. The molecule has 4 rings (SSSR count). The molecule has 6 atom stereocenters. The molecule has 1 saturated heterocycles. The van der Waals surface area contributed by atoms with E-state index >= 15 is 0 Å². The normalized spacial score (nSPS) is 30.4. The van der Waals surface area contributed by atoms with E-state index in [-0.39, 0.29) is 35.2 Å². The highest BCUT2D eigenvalue weighted by Crippen LogP contribution is 2.41. The Morgan fingerprint density at radius 3 is 2.39 bits per heavy atom. The fourth-order valence-corrected chi connectivity index (χ4v) is 3.68. The summed E-state index contributed by atoms with van der Waals surface area (Å²) in [6, 6.07) is 8.58. The van der Waals surface area contributed by atoms with Gasteiger partial charge in [0.05, 0.1) is 12.5 Å². The van der Waals surface area contributed by atoms with Gasteiger partial charge >= 0.3 is 0 Å². The Morgan fingerprint density at radius 2 is 1.71 bits per heavy atom. The number of carbonyl (C=O) groups excluding carboxylic acids is 1. The Kier molecular flexibility index (Phi) is 5.73. The Hall–Kier alpha value is -2.89. The van der Waals surface area contributed by atoms with Crippen LogP contribution in [-0.2, 0) is 4.74 Å². The van der Waals surface area contributed by atoms with Crippen LogP contribution >= 0.6 is 0 Å². The Labute approximate surface area is 176 Å². The number of hydrogen-bond acceptors (Lipinski definition) is 10. The Morgan fingerprint density at radius 1 is 1.00 bits per heavy atom. The largest absolute Gasteiger partial charge is 0.508 e. The quantitative estimate of drug-likeness (QED) is 0.374. The molecule has 0 amide bonds. The fourth-order valence-electron chi connectivity index (χ4n) is 3.68. The van der Waals surface area contributed by atoms with E-state index in [0.29, 0.717) is 5.56 Å². The van der Waals surface area contributed by atoms with E-state index < -0.39 is 49.0 Å². The SMILES string of the molecule is O=C1c2c(O)cc(O[C@H]3O[C@@H](CO)[C@H](O)[C@@H](O)[C@@H]3O)cc2OCC1c1ccc(O)cc1. The molecule has 1 fully saturated rings. The summed E-state index contributed by atoms with van der Waals surface area (Å²) in [6.07, 6.45) is -7.38. The van der Waals surface area contributed by atoms with Gasteiger partial charge in [-0.3, -0.25) is 4.79 Å². The molecular formula is C21H22O10. The maximum absolute atomic E-state index is 12.9. The molecular weight excluding hydrogens is 412 g/mol. The lowest BCUT2D eigenvalue weighted by atomic mass is 9.88. The monoisotopic (exact) mass is 434 g/mol. The van der Waals surface area contributed by atoms with Crippen LogP contribution < -0.4 is 9.47 Å². The standard InChI is InChI=1S/C21H22O10/c22-7-15-18(26)19(27)20(28)21(31-15)30-11-5-13(24)16-14(6-11)29-8-12(17(16)25)9-1-3-10(23)4-2-9/h1-6,12,15,18-24,26-28H,7-8H2/t12?,15-,18-,19+,20-,21-/m0/s1. The second-order valence-corrected chi connectivity index (χ2v) is 7.45. The third-order valence-corrected chi connectivity index (χ3v) is 5.42. The number of aliphatic hydroxyl groups is 4. The third-order valence-electron chi connectivity index (χ3n) is 5.42. The van der Waals surface area contributed by atoms with E-state index in [2.05, 4.69) is 0 Å². The van der Waals surface area contributed by atoms with Crippen molar-refractivity contribution in [2.24, 2.45) is 0 Å². The predicted octanol–water partition coefficient (Wildman–Crippen LogP) is -0.365. The van der Waals surface area contributed by atoms with Gasteiger partial charge in [-0.05, 0) is 17.7 Å². The number of hydrogen-bond donors (Lipinski definition) is 6. The number of phenols is 2. The number of carbonyl (C=O) groups is 1. The second kappa shape index (κ2) is 8.33. The molecule has 6 N–H and O–H groups in total. The summed E-state index contributed by atoms with van der Waals surface area (Å²) in [6.45, 7) is -0.615. The van der Waals surface area contributed by atoms with E-state index in [4.69, 9.17) is 14.2 Å². The highest BCUT2D eigenvalue weighted by Gasteiger charge is 2.45. The molecule has 0 aliphatic carbocycles. The van der Waals surface area contributed by atoms with Crippen LogP contribution in [0.15, 0.2) is 36.4 Å². The zero-order chi connectivity index (χ0) is 22.3. The van der Waals surface area contributed by atoms with Gasteiger partial charge in [0, 0.05) is 12.1 Å². The lowest BCUT2D eigenvalue weighted by Crippen LogP contribution is -2.60. The predicted molar refractivity (Wildman–Crippen MR) is 103 cm³/mol. The molecule has 0 bridgehead atoms. The smallest absolute Gasteiger partial charge is 0.229 e. The first-order valence-electron chi connectivity index (χ1n) is 9.60. The number of aliphatic hydroxyl groups excluding tert-OH is 4. The van der Waals surface area contributed by atoms with E-state index in [9.17, 15) is 35.4 Å². The highest BCUT2D eigenvalue weighted by atomic mass is 16.7. The van der Waals surface area contributed by atoms with Gasteiger partial charge in [-0.25, -0.2) is 0 Å². The molecule has 166 valence electrons. The van der Waals surface area contributed by atoms with Crippen molar-refractivity contribution in [2.75, 3.05) is 13.2 Å². The molecule has 2 aromatic carbocycles. The molecule has 31 heavy (non-hydrogen) atoms. The maximum Gasteiger partial charge on any atom is 0.229 e. The molecule has 2 aliphatic rings. The summed E-state index contributed by atoms with van der Waals surface area (Å²) in [5.41, 5.74) is 0.583. The van der Waals surface area contributed by atoms with E-state index in [1.807, 2.05) is 0 Å². The van der Waals surface area contributed by atoms with Crippen LogP contribution in [0.5, 0.6) is 23.0 Å². The minimum absolute atomic E-state index is 0.000448. The second-order valence-electron chi connectivity index (χ2n) is 7.45. The van der Waals surface area contributed by atoms with Gasteiger partial charge in [-0.1, -0.05) is 12.1 Å². The molecule has 2 heterocycles. The van der Waals surface area contributed by atoms with Crippen LogP contribution in [-0.4, -0.2) is 80.3 Å². The van der Waals surface area contributed by atoms with Crippen molar-refractivity contribution in [2.45, 2.75) is 36.6 Å². The number of phenolic OH excluding ortho intramolecular Hbond substituents is 2. The van der Waals surface area contributed by atoms with Crippen molar-refractivity contribution < 1.29 is 49.6 Å². The minimum atomic E-state index is -1.63. The zero-order valence-corrected chi connectivity index (χ0v) is 16.2. The van der Waals surface area contributed by atoms with Crippen LogP contribution in [0.25, 0.3) is 0 Å². The Bertz CT molecular complexity index is 957. The van der Waals surface area contributed by atoms with Gasteiger partial charge in [-0.2, -0.15) is 0 Å². The van der Waals surface area contributed by atoms with Gasteiger partial charge in [0.1, 0.15) is 59.6 Å². The fraction of sp³-hybridized carbons (Fsp3) is 0.381. The number of rotatable bonds is 4. The van der Waals surface area contributed by atoms with Crippen molar-refractivity contribution in [3.05, 3.63) is 47.5 Å². The van der Waals surface area contributed by atoms with Gasteiger partial charge in [-0.15, -0.1) is 0 Å². The molecule has 0 radical (unpaired) electrons. The first-order valence-corrected chi connectivity index (χ1v) is 9.60. The van der Waals surface area contributed by atoms with Gasteiger partial charge < -0.3 is 44.8 Å². The minimum Gasteiger partial charge on any atom is -0.508 e. The average molecular weight is 434 g/mol. The summed E-state index contributed by atoms with van der Waals surface area (Å²) >= 11 is 0. The summed E-state index contributed by atoms with van der Waals surface area (Å²) in [5, 5.41) is 59.0. The molecule has 10 nitrogen and oxygen atoms in total. The van der Waals surface area contributed by atoms with Gasteiger partial charge in [0.25, 0.3) is 0 Å². The van der Waals surface area contributed by atoms with Crippen molar-refractivity contribution >= 4 is 5.78 Å². The van der Waals surface area contributed by atoms with Crippen LogP contribution in [0.1, 0.15) is 21.8 Å². The van der Waals surface area contributed by atoms with Crippen LogP contribution in [0, 0.1) is 0 Å². The highest BCUT2D eigenvalue weighted by molar-refractivity contribution is 6.06. The molecule has 1 unspecified atom stereocenters. The summed E-state index contributed by atoms with van der Waals surface area (Å²) in [5.74, 6) is -1.34. The van der Waals surface area contributed by atoms with Crippen molar-refractivity contribution in [3.8, 4) is 23.0 Å². The summed E-state index contributed by atoms with van der Waals surface area (Å²) in [7, 11) is 0. The number of ether oxygens (including phenoxy) is 3. The number of benzene rings is 2. The third kappa shape index (κ3) is 3.91. The van der Waals surface area contributed by atoms with Crippen LogP contribution in [0.3, 0.4) is 0 Å². The van der Waals surface area contributed by atoms with E-state index in [0.717, 1.165) is 6.07 Å². The van der Waals surface area contributed by atoms with E-state index in [1.165, 1.54) is 18.2 Å². The molecule has 2 aromatic rings. The maximum atomic E-state index is 12.9. The van der Waals surface area contributed by atoms with Crippen molar-refractivity contribution in [1.82, 2.24) is 0 Å². The number of aromatic hydroxyl groups is 2. The first kappa shape index (κ1) is 21.3. The number of Topliss-reactive ketones (excluding diaryl/α,β-unsaturated/α-hetero) is 1. The van der Waals surface area contributed by atoms with Gasteiger partial charge in [0.2, 0.25) is 6.29 Å². The van der Waals surface area contributed by atoms with Crippen molar-refractivity contribution in [1.29, 1.82) is 0 Å². The van der Waals surface area contributed by atoms with Crippen LogP contribution in [0.4, 0.5) is 0 Å². The topological polar surface area (TPSA) is 166 Å². The number of fused-ring (bicyclic) bond motifs is 1. The lowest BCUT2D eigenvalue weighted by molar-refractivity contribution is -0.277. The Balaban J connectivity index is 1.57. The average Bonchev–Trinajstić information content (AvgIpc) is 2.75. The zero-order valence-electron chi connectivity index (χ0n) is 16.2. The molecule has 10 heteroatoms. The van der Waals surface area contributed by atoms with Crippen molar-refractivity contribution in [3.63, 3.8) is 0 Å².